The molecule has 3 aromatic heterocycles. The van der Waals surface area contributed by atoms with Crippen LogP contribution in [0.2, 0.25) is 0 Å². The molecule has 0 radical (unpaired) electrons. The zero-order valence-electron chi connectivity index (χ0n) is 15.2. The van der Waals surface area contributed by atoms with Gasteiger partial charge in [0.15, 0.2) is 5.82 Å². The Hall–Kier alpha value is -2.90. The molecule has 8 heteroatoms. The van der Waals surface area contributed by atoms with E-state index in [1.54, 1.807) is 28.9 Å². The summed E-state index contributed by atoms with van der Waals surface area (Å²) in [6.45, 7) is 6.60. The lowest BCUT2D eigenvalue weighted by Gasteiger charge is -2.09. The highest BCUT2D eigenvalue weighted by Gasteiger charge is 2.15. The average molecular weight is 341 g/mol. The second-order valence-electron chi connectivity index (χ2n) is 5.87. The summed E-state index contributed by atoms with van der Waals surface area (Å²) in [5, 5.41) is 12.3. The number of nitrogens with one attached hydrogen (secondary N) is 1. The minimum atomic E-state index is 0.565. The first-order chi connectivity index (χ1) is 12.0. The van der Waals surface area contributed by atoms with Crippen LogP contribution in [0.15, 0.2) is 18.5 Å². The monoisotopic (exact) mass is 341 g/mol. The second-order valence-corrected chi connectivity index (χ2v) is 5.87. The number of aromatic nitrogens is 6. The van der Waals surface area contributed by atoms with Gasteiger partial charge in [-0.3, -0.25) is 4.98 Å². The van der Waals surface area contributed by atoms with Crippen molar-refractivity contribution in [1.82, 2.24) is 29.5 Å². The molecule has 25 heavy (non-hydrogen) atoms. The number of aryl methyl sites for hydroxylation is 4. The standard InChI is InChI=1S/C17H23N7O/c1-6-14-13(17(25-5)23(4)22-14)8-19-15-9-18-10-16(20-15)24-12(3)7-11(2)21-24/h7,9-10H,6,8H2,1-5H3,(H,19,20). The number of hydrogen-bond donors (Lipinski definition) is 1. The van der Waals surface area contributed by atoms with Crippen LogP contribution in [0.25, 0.3) is 5.82 Å². The first kappa shape index (κ1) is 16.9. The predicted molar refractivity (Wildman–Crippen MR) is 95.1 cm³/mol. The minimum absolute atomic E-state index is 0.565. The Morgan fingerprint density at radius 3 is 2.64 bits per heavy atom. The van der Waals surface area contributed by atoms with Crippen LogP contribution < -0.4 is 10.1 Å². The topological polar surface area (TPSA) is 82.7 Å². The molecule has 0 atom stereocenters. The molecule has 0 fully saturated rings. The normalized spacial score (nSPS) is 10.9. The van der Waals surface area contributed by atoms with Gasteiger partial charge in [0.1, 0.15) is 5.82 Å². The van der Waals surface area contributed by atoms with E-state index in [-0.39, 0.29) is 0 Å². The number of ether oxygens (including phenoxy) is 1. The highest BCUT2D eigenvalue weighted by molar-refractivity contribution is 5.40. The molecule has 0 saturated heterocycles. The molecule has 8 nitrogen and oxygen atoms in total. The van der Waals surface area contributed by atoms with E-state index < -0.39 is 0 Å². The molecule has 3 rings (SSSR count). The number of methoxy groups -OCH3 is 1. The molecule has 0 aromatic carbocycles. The van der Waals surface area contributed by atoms with E-state index in [1.165, 1.54) is 0 Å². The lowest BCUT2D eigenvalue weighted by molar-refractivity contribution is 0.369. The van der Waals surface area contributed by atoms with Crippen molar-refractivity contribution in [2.45, 2.75) is 33.7 Å². The Labute approximate surface area is 146 Å². The zero-order valence-corrected chi connectivity index (χ0v) is 15.2. The molecule has 3 aromatic rings. The maximum Gasteiger partial charge on any atom is 0.216 e. The molecule has 3 heterocycles. The van der Waals surface area contributed by atoms with E-state index in [1.807, 2.05) is 27.0 Å². The summed E-state index contributed by atoms with van der Waals surface area (Å²) in [5.41, 5.74) is 4.01. The summed E-state index contributed by atoms with van der Waals surface area (Å²) in [6.07, 6.45) is 4.24. The fourth-order valence-electron chi connectivity index (χ4n) is 2.91. The molecule has 132 valence electrons. The maximum absolute atomic E-state index is 5.47. The van der Waals surface area contributed by atoms with Crippen LogP contribution in [0.3, 0.4) is 0 Å². The SMILES string of the molecule is CCc1nn(C)c(OC)c1CNc1cncc(-n2nc(C)cc2C)n1. The van der Waals surface area contributed by atoms with Crippen molar-refractivity contribution in [3.63, 3.8) is 0 Å². The number of hydrogen-bond acceptors (Lipinski definition) is 6. The first-order valence-electron chi connectivity index (χ1n) is 8.21. The lowest BCUT2D eigenvalue weighted by Crippen LogP contribution is -2.08. The maximum atomic E-state index is 5.47. The van der Waals surface area contributed by atoms with Gasteiger partial charge in [-0.25, -0.2) is 14.3 Å². The molecular formula is C17H23N7O. The number of nitrogens with zero attached hydrogens (tertiary/aromatic N) is 6. The fraction of sp³-hybridized carbons (Fsp3) is 0.412. The van der Waals surface area contributed by atoms with Crippen molar-refractivity contribution < 1.29 is 4.74 Å². The van der Waals surface area contributed by atoms with E-state index >= 15 is 0 Å². The van der Waals surface area contributed by atoms with Gasteiger partial charge in [-0.2, -0.15) is 10.2 Å². The molecule has 1 N–H and O–H groups in total. The van der Waals surface area contributed by atoms with Crippen molar-refractivity contribution in [3.8, 4) is 11.7 Å². The zero-order chi connectivity index (χ0) is 18.0. The van der Waals surface area contributed by atoms with E-state index in [0.29, 0.717) is 18.2 Å². The van der Waals surface area contributed by atoms with Crippen LogP contribution in [0, 0.1) is 13.8 Å². The molecule has 0 unspecified atom stereocenters. The third-order valence-electron chi connectivity index (χ3n) is 3.99. The van der Waals surface area contributed by atoms with E-state index in [9.17, 15) is 0 Å². The van der Waals surface area contributed by atoms with Crippen molar-refractivity contribution in [1.29, 1.82) is 0 Å². The Morgan fingerprint density at radius 1 is 1.20 bits per heavy atom. The van der Waals surface area contributed by atoms with Gasteiger partial charge in [-0.05, 0) is 26.3 Å². The molecule has 0 aliphatic carbocycles. The number of rotatable bonds is 6. The Balaban J connectivity index is 1.83. The summed E-state index contributed by atoms with van der Waals surface area (Å²) in [7, 11) is 3.54. The van der Waals surface area contributed by atoms with Crippen molar-refractivity contribution >= 4 is 5.82 Å². The molecule has 0 bridgehead atoms. The predicted octanol–water partition coefficient (Wildman–Crippen LogP) is 2.20. The van der Waals surface area contributed by atoms with Gasteiger partial charge in [0.25, 0.3) is 0 Å². The summed E-state index contributed by atoms with van der Waals surface area (Å²) in [6, 6.07) is 2.01. The summed E-state index contributed by atoms with van der Waals surface area (Å²) in [5.74, 6) is 2.12. The molecule has 0 amide bonds. The van der Waals surface area contributed by atoms with Gasteiger partial charge in [0.05, 0.1) is 36.5 Å². The van der Waals surface area contributed by atoms with Gasteiger partial charge < -0.3 is 10.1 Å². The Bertz CT molecular complexity index is 881. The number of anilines is 1. The molecule has 0 aliphatic heterocycles. The Kier molecular flexibility index (Phi) is 4.69. The summed E-state index contributed by atoms with van der Waals surface area (Å²) < 4.78 is 9.01. The van der Waals surface area contributed by atoms with Gasteiger partial charge in [0.2, 0.25) is 5.88 Å². The van der Waals surface area contributed by atoms with Crippen molar-refractivity contribution in [3.05, 3.63) is 41.1 Å². The quantitative estimate of drug-likeness (QED) is 0.740. The first-order valence-corrected chi connectivity index (χ1v) is 8.21. The van der Waals surface area contributed by atoms with Crippen molar-refractivity contribution in [2.24, 2.45) is 7.05 Å². The molecular weight excluding hydrogens is 318 g/mol. The molecule has 0 aliphatic rings. The largest absolute Gasteiger partial charge is 0.481 e. The Morgan fingerprint density at radius 2 is 2.00 bits per heavy atom. The smallest absolute Gasteiger partial charge is 0.216 e. The van der Waals surface area contributed by atoms with E-state index in [2.05, 4.69) is 32.4 Å². The van der Waals surface area contributed by atoms with E-state index in [0.717, 1.165) is 34.9 Å². The highest BCUT2D eigenvalue weighted by Crippen LogP contribution is 2.23. The third-order valence-corrected chi connectivity index (χ3v) is 3.99. The van der Waals surface area contributed by atoms with E-state index in [4.69, 9.17) is 4.74 Å². The summed E-state index contributed by atoms with van der Waals surface area (Å²) >= 11 is 0. The van der Waals surface area contributed by atoms with Crippen LogP contribution in [-0.2, 0) is 20.0 Å². The third kappa shape index (κ3) is 3.33. The van der Waals surface area contributed by atoms with Crippen LogP contribution in [0.1, 0.15) is 29.6 Å². The molecule has 0 saturated carbocycles. The second kappa shape index (κ2) is 6.92. The molecule has 0 spiro atoms. The van der Waals surface area contributed by atoms with Gasteiger partial charge in [0, 0.05) is 19.3 Å². The van der Waals surface area contributed by atoms with Crippen molar-refractivity contribution in [2.75, 3.05) is 12.4 Å². The van der Waals surface area contributed by atoms with Crippen LogP contribution in [0.5, 0.6) is 5.88 Å². The average Bonchev–Trinajstić information content (AvgIpc) is 3.11. The summed E-state index contributed by atoms with van der Waals surface area (Å²) in [4.78, 5) is 8.88. The van der Waals surface area contributed by atoms with Gasteiger partial charge in [-0.1, -0.05) is 6.92 Å². The van der Waals surface area contributed by atoms with Gasteiger partial charge >= 0.3 is 0 Å². The minimum Gasteiger partial charge on any atom is -0.481 e. The van der Waals surface area contributed by atoms with Gasteiger partial charge in [-0.15, -0.1) is 0 Å². The highest BCUT2D eigenvalue weighted by atomic mass is 16.5. The van der Waals surface area contributed by atoms with Crippen LogP contribution in [0.4, 0.5) is 5.82 Å². The van der Waals surface area contributed by atoms with Crippen LogP contribution in [-0.4, -0.2) is 36.6 Å². The fourth-order valence-corrected chi connectivity index (χ4v) is 2.91. The lowest BCUT2D eigenvalue weighted by atomic mass is 10.2. The van der Waals surface area contributed by atoms with Crippen LogP contribution >= 0.6 is 0 Å².